The second-order valence-electron chi connectivity index (χ2n) is 6.08. The van der Waals surface area contributed by atoms with Gasteiger partial charge in [-0.05, 0) is 62.1 Å². The van der Waals surface area contributed by atoms with Gasteiger partial charge in [0, 0.05) is 10.6 Å². The summed E-state index contributed by atoms with van der Waals surface area (Å²) in [6.07, 6.45) is 1.85. The first-order chi connectivity index (χ1) is 11.4. The predicted octanol–water partition coefficient (Wildman–Crippen LogP) is 5.38. The second kappa shape index (κ2) is 8.20. The first-order valence-corrected chi connectivity index (χ1v) is 9.14. The minimum atomic E-state index is -0.0349. The van der Waals surface area contributed by atoms with Crippen molar-refractivity contribution in [3.05, 3.63) is 76.9 Å². The van der Waals surface area contributed by atoms with Crippen LogP contribution in [0.25, 0.3) is 0 Å². The molecule has 0 heterocycles. The molecule has 2 nitrogen and oxygen atoms in total. The van der Waals surface area contributed by atoms with Crippen LogP contribution in [0.1, 0.15) is 45.6 Å². The molecule has 0 aromatic heterocycles. The third-order valence-electron chi connectivity index (χ3n) is 4.18. The molecule has 1 atom stereocenters. The fourth-order valence-corrected chi connectivity index (χ4v) is 3.52. The Balaban J connectivity index is 2.21. The monoisotopic (exact) mass is 339 g/mol. The molecular weight excluding hydrogens is 314 g/mol. The SMILES string of the molecule is C=CCSc1ccccc1C(=O)N[C@H](C)c1cc(C)c(C)cc1C. The standard InChI is InChI=1S/C21H25NOS/c1-6-11-24-20-10-8-7-9-18(20)21(23)22-17(5)19-13-15(3)14(2)12-16(19)4/h6-10,12-13,17H,1,11H2,2-5H3,(H,22,23)/t17-/m1/s1. The van der Waals surface area contributed by atoms with Gasteiger partial charge in [-0.25, -0.2) is 0 Å². The molecule has 0 aliphatic heterocycles. The van der Waals surface area contributed by atoms with Crippen molar-refractivity contribution in [1.29, 1.82) is 0 Å². The molecule has 0 aliphatic carbocycles. The van der Waals surface area contributed by atoms with E-state index in [9.17, 15) is 4.79 Å². The molecule has 0 spiro atoms. The summed E-state index contributed by atoms with van der Waals surface area (Å²) in [4.78, 5) is 13.7. The van der Waals surface area contributed by atoms with Gasteiger partial charge >= 0.3 is 0 Å². The second-order valence-corrected chi connectivity index (χ2v) is 7.15. The number of benzene rings is 2. The van der Waals surface area contributed by atoms with Crippen molar-refractivity contribution in [1.82, 2.24) is 5.32 Å². The fraction of sp³-hybridized carbons (Fsp3) is 0.286. The number of thioether (sulfide) groups is 1. The Morgan fingerprint density at radius 2 is 1.83 bits per heavy atom. The van der Waals surface area contributed by atoms with Crippen molar-refractivity contribution in [3.8, 4) is 0 Å². The summed E-state index contributed by atoms with van der Waals surface area (Å²) in [7, 11) is 0. The zero-order valence-electron chi connectivity index (χ0n) is 14.8. The maximum absolute atomic E-state index is 12.7. The molecule has 0 saturated heterocycles. The van der Waals surface area contributed by atoms with Crippen LogP contribution in [0, 0.1) is 20.8 Å². The minimum absolute atomic E-state index is 0.0331. The van der Waals surface area contributed by atoms with E-state index in [1.165, 1.54) is 22.3 Å². The van der Waals surface area contributed by atoms with Crippen molar-refractivity contribution in [2.24, 2.45) is 0 Å². The smallest absolute Gasteiger partial charge is 0.252 e. The van der Waals surface area contributed by atoms with Crippen molar-refractivity contribution >= 4 is 17.7 Å². The summed E-state index contributed by atoms with van der Waals surface area (Å²) < 4.78 is 0. The average Bonchev–Trinajstić information content (AvgIpc) is 2.56. The molecule has 2 rings (SSSR count). The van der Waals surface area contributed by atoms with E-state index in [1.807, 2.05) is 37.3 Å². The molecule has 0 radical (unpaired) electrons. The Hall–Kier alpha value is -2.00. The maximum atomic E-state index is 12.7. The average molecular weight is 340 g/mol. The van der Waals surface area contributed by atoms with E-state index in [0.29, 0.717) is 0 Å². The number of aryl methyl sites for hydroxylation is 3. The highest BCUT2D eigenvalue weighted by atomic mass is 32.2. The van der Waals surface area contributed by atoms with Crippen molar-refractivity contribution in [2.75, 3.05) is 5.75 Å². The van der Waals surface area contributed by atoms with Crippen LogP contribution in [-0.2, 0) is 0 Å². The Kier molecular flexibility index (Phi) is 6.27. The Morgan fingerprint density at radius 3 is 2.54 bits per heavy atom. The number of hydrogen-bond acceptors (Lipinski definition) is 2. The van der Waals surface area contributed by atoms with Crippen molar-refractivity contribution < 1.29 is 4.79 Å². The molecule has 0 unspecified atom stereocenters. The third kappa shape index (κ3) is 4.30. The largest absolute Gasteiger partial charge is 0.345 e. The van der Waals surface area contributed by atoms with Crippen LogP contribution in [-0.4, -0.2) is 11.7 Å². The molecule has 1 amide bonds. The lowest BCUT2D eigenvalue weighted by atomic mass is 9.96. The number of carbonyl (C=O) groups excluding carboxylic acids is 1. The third-order valence-corrected chi connectivity index (χ3v) is 5.25. The van der Waals surface area contributed by atoms with E-state index >= 15 is 0 Å². The van der Waals surface area contributed by atoms with Crippen LogP contribution in [0.15, 0.2) is 53.9 Å². The van der Waals surface area contributed by atoms with Crippen LogP contribution in [0.2, 0.25) is 0 Å². The summed E-state index contributed by atoms with van der Waals surface area (Å²) in [6, 6.07) is 12.0. The molecule has 0 aliphatic rings. The minimum Gasteiger partial charge on any atom is -0.345 e. The van der Waals surface area contributed by atoms with Crippen LogP contribution >= 0.6 is 11.8 Å². The highest BCUT2D eigenvalue weighted by Crippen LogP contribution is 2.25. The molecule has 0 fully saturated rings. The van der Waals surface area contributed by atoms with E-state index in [0.717, 1.165) is 16.2 Å². The number of carbonyl (C=O) groups is 1. The van der Waals surface area contributed by atoms with Gasteiger partial charge in [0.2, 0.25) is 0 Å². The van der Waals surface area contributed by atoms with E-state index < -0.39 is 0 Å². The maximum Gasteiger partial charge on any atom is 0.252 e. The van der Waals surface area contributed by atoms with Crippen molar-refractivity contribution in [3.63, 3.8) is 0 Å². The zero-order chi connectivity index (χ0) is 17.7. The van der Waals surface area contributed by atoms with Crippen LogP contribution < -0.4 is 5.32 Å². The fourth-order valence-electron chi connectivity index (χ4n) is 2.73. The highest BCUT2D eigenvalue weighted by Gasteiger charge is 2.16. The van der Waals surface area contributed by atoms with Gasteiger partial charge in [-0.3, -0.25) is 4.79 Å². The molecule has 0 bridgehead atoms. The number of hydrogen-bond donors (Lipinski definition) is 1. The van der Waals surface area contributed by atoms with Crippen molar-refractivity contribution in [2.45, 2.75) is 38.6 Å². The van der Waals surface area contributed by atoms with Gasteiger partial charge in [-0.15, -0.1) is 18.3 Å². The highest BCUT2D eigenvalue weighted by molar-refractivity contribution is 7.99. The summed E-state index contributed by atoms with van der Waals surface area (Å²) in [5.41, 5.74) is 5.63. The lowest BCUT2D eigenvalue weighted by molar-refractivity contribution is 0.0937. The number of amides is 1. The summed E-state index contributed by atoms with van der Waals surface area (Å²) in [5.74, 6) is 0.753. The Bertz CT molecular complexity index is 751. The molecule has 1 N–H and O–H groups in total. The number of rotatable bonds is 6. The zero-order valence-corrected chi connectivity index (χ0v) is 15.7. The van der Waals surface area contributed by atoms with Gasteiger partial charge in [0.15, 0.2) is 0 Å². The molecule has 2 aromatic carbocycles. The topological polar surface area (TPSA) is 29.1 Å². The van der Waals surface area contributed by atoms with Gasteiger partial charge in [0.25, 0.3) is 5.91 Å². The van der Waals surface area contributed by atoms with Gasteiger partial charge in [-0.2, -0.15) is 0 Å². The van der Waals surface area contributed by atoms with Crippen LogP contribution in [0.4, 0.5) is 0 Å². The molecule has 24 heavy (non-hydrogen) atoms. The Morgan fingerprint density at radius 1 is 1.17 bits per heavy atom. The predicted molar refractivity (Wildman–Crippen MR) is 104 cm³/mol. The van der Waals surface area contributed by atoms with Gasteiger partial charge in [0.1, 0.15) is 0 Å². The lowest BCUT2D eigenvalue weighted by Crippen LogP contribution is -2.27. The first kappa shape index (κ1) is 18.3. The summed E-state index contributed by atoms with van der Waals surface area (Å²) >= 11 is 1.63. The lowest BCUT2D eigenvalue weighted by Gasteiger charge is -2.19. The van der Waals surface area contributed by atoms with E-state index in [-0.39, 0.29) is 11.9 Å². The van der Waals surface area contributed by atoms with Gasteiger partial charge in [-0.1, -0.05) is 30.3 Å². The van der Waals surface area contributed by atoms with E-state index in [2.05, 4.69) is 44.8 Å². The van der Waals surface area contributed by atoms with Gasteiger partial charge in [0.05, 0.1) is 11.6 Å². The summed E-state index contributed by atoms with van der Waals surface area (Å²) in [6.45, 7) is 12.1. The van der Waals surface area contributed by atoms with Crippen LogP contribution in [0.3, 0.4) is 0 Å². The quantitative estimate of drug-likeness (QED) is 0.565. The normalized spacial score (nSPS) is 11.8. The molecule has 126 valence electrons. The van der Waals surface area contributed by atoms with E-state index in [4.69, 9.17) is 0 Å². The molecule has 3 heteroatoms. The molecule has 0 saturated carbocycles. The first-order valence-electron chi connectivity index (χ1n) is 8.15. The van der Waals surface area contributed by atoms with E-state index in [1.54, 1.807) is 11.8 Å². The molecular formula is C21H25NOS. The molecule has 2 aromatic rings. The Labute approximate surface area is 149 Å². The van der Waals surface area contributed by atoms with Crippen LogP contribution in [0.5, 0.6) is 0 Å². The summed E-state index contributed by atoms with van der Waals surface area (Å²) in [5, 5.41) is 3.14. The number of nitrogens with one attached hydrogen (secondary N) is 1. The van der Waals surface area contributed by atoms with Gasteiger partial charge < -0.3 is 5.32 Å².